The number of carbonyl (C=O) groups excluding carboxylic acids is 3. The zero-order valence-electron chi connectivity index (χ0n) is 18.5. The summed E-state index contributed by atoms with van der Waals surface area (Å²) >= 11 is 0. The highest BCUT2D eigenvalue weighted by atomic mass is 16.5. The predicted molar refractivity (Wildman–Crippen MR) is 120 cm³/mol. The average molecular weight is 423 g/mol. The van der Waals surface area contributed by atoms with Gasteiger partial charge in [-0.25, -0.2) is 0 Å². The number of hydrogen-bond donors (Lipinski definition) is 2. The molecule has 0 fully saturated rings. The van der Waals surface area contributed by atoms with Crippen molar-refractivity contribution in [3.63, 3.8) is 0 Å². The van der Waals surface area contributed by atoms with Crippen LogP contribution in [-0.2, 0) is 16.0 Å². The molecule has 2 atom stereocenters. The summed E-state index contributed by atoms with van der Waals surface area (Å²) in [4.78, 5) is 36.0. The van der Waals surface area contributed by atoms with Gasteiger partial charge in [-0.1, -0.05) is 44.2 Å². The van der Waals surface area contributed by atoms with Crippen molar-refractivity contribution in [2.75, 3.05) is 6.54 Å². The van der Waals surface area contributed by atoms with Crippen LogP contribution >= 0.6 is 0 Å². The Morgan fingerprint density at radius 3 is 2.52 bits per heavy atom. The molecule has 2 aromatic carbocycles. The Morgan fingerprint density at radius 2 is 1.84 bits per heavy atom. The van der Waals surface area contributed by atoms with E-state index < -0.39 is 6.04 Å². The quantitative estimate of drug-likeness (QED) is 0.638. The van der Waals surface area contributed by atoms with Gasteiger partial charge in [-0.05, 0) is 48.1 Å². The number of fused-ring (bicyclic) bond motifs is 1. The molecule has 1 heterocycles. The van der Waals surface area contributed by atoms with Gasteiger partial charge in [0.25, 0.3) is 0 Å². The summed E-state index contributed by atoms with van der Waals surface area (Å²) in [6, 6.07) is 13.0. The van der Waals surface area contributed by atoms with E-state index in [0.717, 1.165) is 22.4 Å². The molecule has 2 amide bonds. The number of carbonyl (C=O) groups is 3. The van der Waals surface area contributed by atoms with Crippen LogP contribution in [0.4, 0.5) is 0 Å². The highest BCUT2D eigenvalue weighted by Crippen LogP contribution is 2.34. The van der Waals surface area contributed by atoms with Crippen LogP contribution in [0.15, 0.2) is 42.5 Å². The Balaban J connectivity index is 1.66. The second-order valence-electron chi connectivity index (χ2n) is 8.50. The fourth-order valence-corrected chi connectivity index (χ4v) is 3.93. The van der Waals surface area contributed by atoms with Gasteiger partial charge in [0.15, 0.2) is 5.78 Å². The molecule has 0 saturated carbocycles. The number of ketones is 1. The number of amides is 2. The minimum absolute atomic E-state index is 0.0306. The molecule has 0 aliphatic carbocycles. The molecule has 0 unspecified atom stereocenters. The van der Waals surface area contributed by atoms with Crippen LogP contribution in [0.1, 0.15) is 50.0 Å². The maximum absolute atomic E-state index is 12.6. The second-order valence-corrected chi connectivity index (χ2v) is 8.50. The van der Waals surface area contributed by atoms with E-state index in [1.165, 1.54) is 6.92 Å². The summed E-state index contributed by atoms with van der Waals surface area (Å²) in [5.74, 6) is 0.695. The Kier molecular flexibility index (Phi) is 7.10. The Bertz CT molecular complexity index is 983. The molecule has 6 nitrogen and oxygen atoms in total. The van der Waals surface area contributed by atoms with Crippen LogP contribution in [0.5, 0.6) is 5.75 Å². The molecule has 2 N–H and O–H groups in total. The van der Waals surface area contributed by atoms with E-state index in [1.54, 1.807) is 6.92 Å². The number of benzene rings is 2. The lowest BCUT2D eigenvalue weighted by Crippen LogP contribution is -2.48. The van der Waals surface area contributed by atoms with Gasteiger partial charge in [-0.3, -0.25) is 14.4 Å². The first-order valence-electron chi connectivity index (χ1n) is 10.7. The molecule has 6 heteroatoms. The standard InChI is InChI=1S/C25H30N2O4/c1-15(2)11-23(27-17(4)29)25(30)26-14-20-13-19-12-18(9-10-24(19)31-20)22-8-6-5-7-21(22)16(3)28/h5-10,12,15,20,23H,11,13-14H2,1-4H3,(H,26,30)(H,27,29)/t20-,23-/m0/s1. The lowest BCUT2D eigenvalue weighted by atomic mass is 9.95. The van der Waals surface area contributed by atoms with E-state index in [-0.39, 0.29) is 29.6 Å². The van der Waals surface area contributed by atoms with Crippen LogP contribution < -0.4 is 15.4 Å². The minimum Gasteiger partial charge on any atom is -0.488 e. The van der Waals surface area contributed by atoms with Crippen molar-refractivity contribution in [3.8, 4) is 16.9 Å². The smallest absolute Gasteiger partial charge is 0.242 e. The molecule has 1 aliphatic heterocycles. The van der Waals surface area contributed by atoms with E-state index in [4.69, 9.17) is 4.74 Å². The van der Waals surface area contributed by atoms with E-state index >= 15 is 0 Å². The van der Waals surface area contributed by atoms with Crippen molar-refractivity contribution >= 4 is 17.6 Å². The first-order chi connectivity index (χ1) is 14.7. The molecule has 3 rings (SSSR count). The molecular formula is C25H30N2O4. The maximum atomic E-state index is 12.6. The molecule has 0 radical (unpaired) electrons. The molecule has 164 valence electrons. The third-order valence-electron chi connectivity index (χ3n) is 5.32. The third-order valence-corrected chi connectivity index (χ3v) is 5.32. The summed E-state index contributed by atoms with van der Waals surface area (Å²) in [6.45, 7) is 7.38. The van der Waals surface area contributed by atoms with Gasteiger partial charge in [-0.2, -0.15) is 0 Å². The van der Waals surface area contributed by atoms with Crippen LogP contribution in [-0.4, -0.2) is 36.3 Å². The molecule has 0 aromatic heterocycles. The maximum Gasteiger partial charge on any atom is 0.242 e. The fraction of sp³-hybridized carbons (Fsp3) is 0.400. The van der Waals surface area contributed by atoms with Gasteiger partial charge in [0.2, 0.25) is 11.8 Å². The predicted octanol–water partition coefficient (Wildman–Crippen LogP) is 3.53. The van der Waals surface area contributed by atoms with Crippen LogP contribution in [0.2, 0.25) is 0 Å². The van der Waals surface area contributed by atoms with Crippen LogP contribution in [0, 0.1) is 5.92 Å². The zero-order valence-corrected chi connectivity index (χ0v) is 18.5. The molecule has 0 spiro atoms. The Morgan fingerprint density at radius 1 is 1.10 bits per heavy atom. The third kappa shape index (κ3) is 5.72. The second kappa shape index (κ2) is 9.77. The van der Waals surface area contributed by atoms with Gasteiger partial charge in [-0.15, -0.1) is 0 Å². The minimum atomic E-state index is -0.545. The van der Waals surface area contributed by atoms with Crippen molar-refractivity contribution in [1.82, 2.24) is 10.6 Å². The van der Waals surface area contributed by atoms with Crippen molar-refractivity contribution in [2.24, 2.45) is 5.92 Å². The highest BCUT2D eigenvalue weighted by Gasteiger charge is 2.26. The van der Waals surface area contributed by atoms with Crippen molar-refractivity contribution in [2.45, 2.75) is 52.7 Å². The number of hydrogen-bond acceptors (Lipinski definition) is 4. The van der Waals surface area contributed by atoms with Gasteiger partial charge >= 0.3 is 0 Å². The summed E-state index contributed by atoms with van der Waals surface area (Å²) in [6.07, 6.45) is 1.07. The van der Waals surface area contributed by atoms with E-state index in [1.807, 2.05) is 50.2 Å². The summed E-state index contributed by atoms with van der Waals surface area (Å²) in [5, 5.41) is 5.64. The number of ether oxygens (including phenoxy) is 1. The van der Waals surface area contributed by atoms with Gasteiger partial charge in [0.1, 0.15) is 17.9 Å². The lowest BCUT2D eigenvalue weighted by Gasteiger charge is -2.20. The van der Waals surface area contributed by atoms with E-state index in [9.17, 15) is 14.4 Å². The number of Topliss-reactive ketones (excluding diaryl/α,β-unsaturated/α-hetero) is 1. The summed E-state index contributed by atoms with van der Waals surface area (Å²) in [5.41, 5.74) is 3.62. The summed E-state index contributed by atoms with van der Waals surface area (Å²) < 4.78 is 6.00. The molecule has 0 bridgehead atoms. The zero-order chi connectivity index (χ0) is 22.5. The monoisotopic (exact) mass is 422 g/mol. The fourth-order valence-electron chi connectivity index (χ4n) is 3.93. The molecule has 0 saturated heterocycles. The molecular weight excluding hydrogens is 392 g/mol. The largest absolute Gasteiger partial charge is 0.488 e. The van der Waals surface area contributed by atoms with E-state index in [2.05, 4.69) is 16.7 Å². The molecule has 1 aliphatic rings. The molecule has 31 heavy (non-hydrogen) atoms. The highest BCUT2D eigenvalue weighted by molar-refractivity contribution is 6.00. The van der Waals surface area contributed by atoms with Gasteiger partial charge in [0, 0.05) is 18.9 Å². The lowest BCUT2D eigenvalue weighted by molar-refractivity contribution is -0.128. The van der Waals surface area contributed by atoms with E-state index in [0.29, 0.717) is 24.9 Å². The van der Waals surface area contributed by atoms with Crippen molar-refractivity contribution in [3.05, 3.63) is 53.6 Å². The van der Waals surface area contributed by atoms with Gasteiger partial charge < -0.3 is 15.4 Å². The number of nitrogens with one attached hydrogen (secondary N) is 2. The van der Waals surface area contributed by atoms with Crippen LogP contribution in [0.25, 0.3) is 11.1 Å². The van der Waals surface area contributed by atoms with Crippen molar-refractivity contribution in [1.29, 1.82) is 0 Å². The normalized spacial score (nSPS) is 15.7. The Labute approximate surface area is 183 Å². The topological polar surface area (TPSA) is 84.5 Å². The first kappa shape index (κ1) is 22.5. The van der Waals surface area contributed by atoms with Gasteiger partial charge in [0.05, 0.1) is 6.54 Å². The van der Waals surface area contributed by atoms with Crippen molar-refractivity contribution < 1.29 is 19.1 Å². The number of rotatable bonds is 8. The first-order valence-corrected chi connectivity index (χ1v) is 10.7. The summed E-state index contributed by atoms with van der Waals surface area (Å²) in [7, 11) is 0. The molecule has 2 aromatic rings. The average Bonchev–Trinajstić information content (AvgIpc) is 3.13. The van der Waals surface area contributed by atoms with Crippen LogP contribution in [0.3, 0.4) is 0 Å². The Hall–Kier alpha value is -3.15. The SMILES string of the molecule is CC(=O)N[C@@H](CC(C)C)C(=O)NC[C@@H]1Cc2cc(-c3ccccc3C(C)=O)ccc2O1.